The molecule has 0 unspecified atom stereocenters. The monoisotopic (exact) mass is 250 g/mol. The largest absolute Gasteiger partial charge is 0.480 e. The fourth-order valence-electron chi connectivity index (χ4n) is 1.58. The highest BCUT2D eigenvalue weighted by molar-refractivity contribution is 5.83. The lowest BCUT2D eigenvalue weighted by molar-refractivity contribution is -0.145. The van der Waals surface area contributed by atoms with Crippen LogP contribution in [0.2, 0.25) is 0 Å². The predicted molar refractivity (Wildman–Crippen MR) is 67.2 cm³/mol. The molecule has 0 spiro atoms. The number of carbonyl (C=O) groups is 2. The van der Waals surface area contributed by atoms with Gasteiger partial charge in [0, 0.05) is 17.9 Å². The van der Waals surface area contributed by atoms with Crippen LogP contribution in [0.4, 0.5) is 0 Å². The Hall–Kier alpha value is -1.91. The summed E-state index contributed by atoms with van der Waals surface area (Å²) >= 11 is 0. The van der Waals surface area contributed by atoms with Crippen LogP contribution in [0.1, 0.15) is 25.1 Å². The van der Waals surface area contributed by atoms with Crippen molar-refractivity contribution in [2.45, 2.75) is 33.2 Å². The summed E-state index contributed by atoms with van der Waals surface area (Å²) in [4.78, 5) is 28.2. The van der Waals surface area contributed by atoms with Crippen LogP contribution >= 0.6 is 0 Å². The zero-order valence-corrected chi connectivity index (χ0v) is 10.9. The van der Waals surface area contributed by atoms with Crippen LogP contribution in [0, 0.1) is 6.92 Å². The van der Waals surface area contributed by atoms with Crippen molar-refractivity contribution in [1.82, 2.24) is 9.88 Å². The second kappa shape index (κ2) is 6.14. The normalized spacial score (nSPS) is 10.4. The summed E-state index contributed by atoms with van der Waals surface area (Å²) in [7, 11) is 0. The first kappa shape index (κ1) is 14.2. The minimum absolute atomic E-state index is 0.132. The number of rotatable bonds is 5. The first-order valence-electron chi connectivity index (χ1n) is 5.83. The molecule has 0 aliphatic carbocycles. The molecule has 0 radical (unpaired) electrons. The standard InChI is InChI=1S/C13H18N2O3/c1-9(2)15(8-13(17)18)12(16)6-11-5-4-10(3)14-7-11/h4-5,7,9H,6,8H2,1-3H3,(H,17,18). The van der Waals surface area contributed by atoms with Gasteiger partial charge in [-0.25, -0.2) is 0 Å². The SMILES string of the molecule is Cc1ccc(CC(=O)N(CC(=O)O)C(C)C)cn1. The van der Waals surface area contributed by atoms with Crippen molar-refractivity contribution in [2.75, 3.05) is 6.54 Å². The van der Waals surface area contributed by atoms with E-state index in [9.17, 15) is 9.59 Å². The second-order valence-corrected chi connectivity index (χ2v) is 4.49. The zero-order chi connectivity index (χ0) is 13.7. The summed E-state index contributed by atoms with van der Waals surface area (Å²) in [5, 5.41) is 8.78. The quantitative estimate of drug-likeness (QED) is 0.854. The van der Waals surface area contributed by atoms with E-state index in [1.807, 2.05) is 19.1 Å². The molecule has 5 nitrogen and oxygen atoms in total. The van der Waals surface area contributed by atoms with Gasteiger partial charge in [-0.3, -0.25) is 14.6 Å². The minimum atomic E-state index is -1.00. The van der Waals surface area contributed by atoms with Gasteiger partial charge in [-0.15, -0.1) is 0 Å². The van der Waals surface area contributed by atoms with E-state index in [4.69, 9.17) is 5.11 Å². The van der Waals surface area contributed by atoms with Gasteiger partial charge in [0.05, 0.1) is 6.42 Å². The molecule has 0 fully saturated rings. The van der Waals surface area contributed by atoms with E-state index in [1.165, 1.54) is 4.90 Å². The fourth-order valence-corrected chi connectivity index (χ4v) is 1.58. The summed E-state index contributed by atoms with van der Waals surface area (Å²) in [5.41, 5.74) is 1.68. The maximum atomic E-state index is 12.0. The molecule has 1 amide bonds. The highest BCUT2D eigenvalue weighted by atomic mass is 16.4. The topological polar surface area (TPSA) is 70.5 Å². The number of carboxylic acids is 1. The average Bonchev–Trinajstić information content (AvgIpc) is 2.28. The Balaban J connectivity index is 2.72. The molecule has 0 saturated carbocycles. The molecule has 0 atom stereocenters. The highest BCUT2D eigenvalue weighted by Crippen LogP contribution is 2.06. The Morgan fingerprint density at radius 1 is 1.39 bits per heavy atom. The number of carboxylic acid groups (broad SMARTS) is 1. The van der Waals surface area contributed by atoms with Crippen molar-refractivity contribution in [1.29, 1.82) is 0 Å². The number of aliphatic carboxylic acids is 1. The van der Waals surface area contributed by atoms with Crippen molar-refractivity contribution in [3.05, 3.63) is 29.6 Å². The van der Waals surface area contributed by atoms with E-state index >= 15 is 0 Å². The molecule has 1 heterocycles. The molecule has 1 aromatic rings. The molecule has 0 saturated heterocycles. The van der Waals surface area contributed by atoms with Gasteiger partial charge in [-0.1, -0.05) is 6.07 Å². The van der Waals surface area contributed by atoms with Gasteiger partial charge in [0.15, 0.2) is 0 Å². The van der Waals surface area contributed by atoms with Crippen molar-refractivity contribution >= 4 is 11.9 Å². The molecule has 0 aromatic carbocycles. The summed E-state index contributed by atoms with van der Waals surface area (Å²) in [6.45, 7) is 5.20. The number of carbonyl (C=O) groups excluding carboxylic acids is 1. The van der Waals surface area contributed by atoms with Gasteiger partial charge < -0.3 is 10.0 Å². The Bertz CT molecular complexity index is 426. The van der Waals surface area contributed by atoms with Gasteiger partial charge in [-0.05, 0) is 32.4 Å². The Labute approximate surface area is 106 Å². The molecule has 5 heteroatoms. The van der Waals surface area contributed by atoms with Gasteiger partial charge in [0.25, 0.3) is 0 Å². The highest BCUT2D eigenvalue weighted by Gasteiger charge is 2.19. The third-order valence-electron chi connectivity index (χ3n) is 2.58. The van der Waals surface area contributed by atoms with E-state index in [0.717, 1.165) is 11.3 Å². The molecule has 18 heavy (non-hydrogen) atoms. The molecule has 0 aliphatic heterocycles. The van der Waals surface area contributed by atoms with Gasteiger partial charge in [-0.2, -0.15) is 0 Å². The molecule has 1 aromatic heterocycles. The zero-order valence-electron chi connectivity index (χ0n) is 10.9. The lowest BCUT2D eigenvalue weighted by atomic mass is 10.1. The molecule has 1 N–H and O–H groups in total. The van der Waals surface area contributed by atoms with Crippen molar-refractivity contribution < 1.29 is 14.7 Å². The van der Waals surface area contributed by atoms with Crippen LogP contribution in [-0.2, 0) is 16.0 Å². The van der Waals surface area contributed by atoms with E-state index in [2.05, 4.69) is 4.98 Å². The summed E-state index contributed by atoms with van der Waals surface area (Å²) in [5.74, 6) is -1.20. The maximum absolute atomic E-state index is 12.0. The Morgan fingerprint density at radius 3 is 2.50 bits per heavy atom. The lowest BCUT2D eigenvalue weighted by Crippen LogP contribution is -2.41. The van der Waals surface area contributed by atoms with Gasteiger partial charge in [0.2, 0.25) is 5.91 Å². The molecule has 98 valence electrons. The molecular weight excluding hydrogens is 232 g/mol. The molecule has 1 rings (SSSR count). The molecule has 0 bridgehead atoms. The Kier molecular flexibility index (Phi) is 4.83. The molecule has 0 aliphatic rings. The summed E-state index contributed by atoms with van der Waals surface area (Å²) < 4.78 is 0. The number of nitrogens with zero attached hydrogens (tertiary/aromatic N) is 2. The summed E-state index contributed by atoms with van der Waals surface area (Å²) in [6, 6.07) is 3.53. The van der Waals surface area contributed by atoms with E-state index in [1.54, 1.807) is 20.0 Å². The van der Waals surface area contributed by atoms with Crippen molar-refractivity contribution in [2.24, 2.45) is 0 Å². The number of aryl methyl sites for hydroxylation is 1. The van der Waals surface area contributed by atoms with E-state index in [-0.39, 0.29) is 24.9 Å². The van der Waals surface area contributed by atoms with Crippen molar-refractivity contribution in [3.63, 3.8) is 0 Å². The van der Waals surface area contributed by atoms with Gasteiger partial charge >= 0.3 is 5.97 Å². The average molecular weight is 250 g/mol. The summed E-state index contributed by atoms with van der Waals surface area (Å²) in [6.07, 6.45) is 1.82. The van der Waals surface area contributed by atoms with E-state index < -0.39 is 5.97 Å². The van der Waals surface area contributed by atoms with Crippen molar-refractivity contribution in [3.8, 4) is 0 Å². The van der Waals surface area contributed by atoms with Crippen LogP contribution in [0.3, 0.4) is 0 Å². The smallest absolute Gasteiger partial charge is 0.323 e. The number of pyridine rings is 1. The van der Waals surface area contributed by atoms with Gasteiger partial charge in [0.1, 0.15) is 6.54 Å². The van der Waals surface area contributed by atoms with E-state index in [0.29, 0.717) is 0 Å². The number of hydrogen-bond donors (Lipinski definition) is 1. The number of aromatic nitrogens is 1. The first-order valence-corrected chi connectivity index (χ1v) is 5.83. The number of amides is 1. The Morgan fingerprint density at radius 2 is 2.06 bits per heavy atom. The van der Waals surface area contributed by atoms with Crippen LogP contribution < -0.4 is 0 Å². The first-order chi connectivity index (χ1) is 8.40. The van der Waals surface area contributed by atoms with Crippen LogP contribution in [-0.4, -0.2) is 39.5 Å². The third kappa shape index (κ3) is 4.16. The second-order valence-electron chi connectivity index (χ2n) is 4.49. The third-order valence-corrected chi connectivity index (χ3v) is 2.58. The lowest BCUT2D eigenvalue weighted by Gasteiger charge is -2.24. The van der Waals surface area contributed by atoms with Crippen LogP contribution in [0.15, 0.2) is 18.3 Å². The predicted octanol–water partition coefficient (Wildman–Crippen LogP) is 1.25. The maximum Gasteiger partial charge on any atom is 0.323 e. The number of hydrogen-bond acceptors (Lipinski definition) is 3. The van der Waals surface area contributed by atoms with Crippen LogP contribution in [0.25, 0.3) is 0 Å². The molecular formula is C13H18N2O3. The van der Waals surface area contributed by atoms with Crippen LogP contribution in [0.5, 0.6) is 0 Å². The fraction of sp³-hybridized carbons (Fsp3) is 0.462. The minimum Gasteiger partial charge on any atom is -0.480 e.